The molecule has 0 bridgehead atoms. The van der Waals surface area contributed by atoms with Crippen molar-refractivity contribution in [3.8, 4) is 11.3 Å². The Bertz CT molecular complexity index is 679. The van der Waals surface area contributed by atoms with Crippen LogP contribution in [-0.2, 0) is 12.8 Å². The Morgan fingerprint density at radius 2 is 2.14 bits per heavy atom. The van der Waals surface area contributed by atoms with Crippen LogP contribution in [0.1, 0.15) is 41.6 Å². The van der Waals surface area contributed by atoms with Crippen LogP contribution >= 0.6 is 0 Å². The topological polar surface area (TPSA) is 38.9 Å². The summed E-state index contributed by atoms with van der Waals surface area (Å²) in [5.41, 5.74) is 12.1. The van der Waals surface area contributed by atoms with Gasteiger partial charge in [0.05, 0.1) is 5.69 Å². The van der Waals surface area contributed by atoms with E-state index in [1.807, 2.05) is 12.1 Å². The number of fused-ring (bicyclic) bond motifs is 1. The van der Waals surface area contributed by atoms with Crippen molar-refractivity contribution in [2.24, 2.45) is 5.73 Å². The normalized spacial score (nSPS) is 17.0. The average molecular weight is 284 g/mol. The molecule has 1 unspecified atom stereocenters. The summed E-state index contributed by atoms with van der Waals surface area (Å²) in [6, 6.07) is 7.47. The third kappa shape index (κ3) is 2.58. The van der Waals surface area contributed by atoms with Gasteiger partial charge in [0.2, 0.25) is 0 Å². The zero-order chi connectivity index (χ0) is 15.0. The second-order valence-electron chi connectivity index (χ2n) is 5.97. The third-order valence-corrected chi connectivity index (χ3v) is 4.40. The lowest BCUT2D eigenvalue weighted by Gasteiger charge is -2.13. The molecule has 3 rings (SSSR count). The fraction of sp³-hybridized carbons (Fsp3) is 0.389. The van der Waals surface area contributed by atoms with Crippen molar-refractivity contribution in [3.63, 3.8) is 0 Å². The Morgan fingerprint density at radius 1 is 1.33 bits per heavy atom. The van der Waals surface area contributed by atoms with Gasteiger partial charge < -0.3 is 5.73 Å². The number of aromatic nitrogens is 1. The molecule has 0 fully saturated rings. The van der Waals surface area contributed by atoms with Crippen LogP contribution < -0.4 is 5.73 Å². The van der Waals surface area contributed by atoms with Crippen LogP contribution in [0.25, 0.3) is 11.3 Å². The Morgan fingerprint density at radius 3 is 2.86 bits per heavy atom. The molecule has 0 radical (unpaired) electrons. The van der Waals surface area contributed by atoms with E-state index >= 15 is 0 Å². The van der Waals surface area contributed by atoms with Gasteiger partial charge in [0, 0.05) is 17.7 Å². The van der Waals surface area contributed by atoms with Crippen molar-refractivity contribution in [3.05, 3.63) is 52.5 Å². The molecule has 0 aliphatic heterocycles. The molecule has 1 atom stereocenters. The minimum atomic E-state index is -0.165. The molecular formula is C18H21FN2. The first-order valence-electron chi connectivity index (χ1n) is 7.59. The maximum Gasteiger partial charge on any atom is 0.126 e. The van der Waals surface area contributed by atoms with E-state index in [1.54, 1.807) is 6.92 Å². The summed E-state index contributed by atoms with van der Waals surface area (Å²) in [5.74, 6) is 0.404. The SMILES string of the molecule is Cc1cc(-c2nc(CCN)cc3c2CCC3C)ccc1F. The number of hydrogen-bond donors (Lipinski definition) is 1. The summed E-state index contributed by atoms with van der Waals surface area (Å²) in [7, 11) is 0. The van der Waals surface area contributed by atoms with E-state index in [4.69, 9.17) is 10.7 Å². The van der Waals surface area contributed by atoms with Gasteiger partial charge in [-0.2, -0.15) is 0 Å². The molecule has 1 aromatic heterocycles. The van der Waals surface area contributed by atoms with Gasteiger partial charge in [-0.15, -0.1) is 0 Å². The van der Waals surface area contributed by atoms with Gasteiger partial charge in [-0.1, -0.05) is 6.92 Å². The van der Waals surface area contributed by atoms with Crippen LogP contribution in [-0.4, -0.2) is 11.5 Å². The minimum absolute atomic E-state index is 0.165. The van der Waals surface area contributed by atoms with Crippen LogP contribution in [0.2, 0.25) is 0 Å². The van der Waals surface area contributed by atoms with Gasteiger partial charge in [-0.05, 0) is 73.2 Å². The maximum atomic E-state index is 13.5. The number of nitrogens with zero attached hydrogens (tertiary/aromatic N) is 1. The highest BCUT2D eigenvalue weighted by Crippen LogP contribution is 2.38. The molecule has 2 aromatic rings. The number of halogens is 1. The van der Waals surface area contributed by atoms with Crippen molar-refractivity contribution < 1.29 is 4.39 Å². The van der Waals surface area contributed by atoms with Crippen LogP contribution in [0.15, 0.2) is 24.3 Å². The second-order valence-corrected chi connectivity index (χ2v) is 5.97. The van der Waals surface area contributed by atoms with Crippen molar-refractivity contribution >= 4 is 0 Å². The Balaban J connectivity index is 2.16. The molecule has 1 aliphatic rings. The standard InChI is InChI=1S/C18H21FN2/c1-11-3-5-15-16(11)10-14(7-8-20)21-18(15)13-4-6-17(19)12(2)9-13/h4,6,9-11H,3,5,7-8,20H2,1-2H3. The van der Waals surface area contributed by atoms with Crippen molar-refractivity contribution in [1.29, 1.82) is 0 Å². The fourth-order valence-corrected chi connectivity index (χ4v) is 3.17. The maximum absolute atomic E-state index is 13.5. The van der Waals surface area contributed by atoms with Crippen LogP contribution in [0, 0.1) is 12.7 Å². The van der Waals surface area contributed by atoms with Crippen molar-refractivity contribution in [2.45, 2.75) is 39.0 Å². The smallest absolute Gasteiger partial charge is 0.126 e. The molecule has 21 heavy (non-hydrogen) atoms. The molecule has 2 nitrogen and oxygen atoms in total. The number of pyridine rings is 1. The van der Waals surface area contributed by atoms with Gasteiger partial charge in [-0.3, -0.25) is 4.98 Å². The monoisotopic (exact) mass is 284 g/mol. The summed E-state index contributed by atoms with van der Waals surface area (Å²) >= 11 is 0. The molecule has 0 saturated heterocycles. The largest absolute Gasteiger partial charge is 0.330 e. The number of benzene rings is 1. The molecule has 1 aliphatic carbocycles. The lowest BCUT2D eigenvalue weighted by Crippen LogP contribution is -2.07. The summed E-state index contributed by atoms with van der Waals surface area (Å²) < 4.78 is 13.5. The quantitative estimate of drug-likeness (QED) is 0.932. The van der Waals surface area contributed by atoms with E-state index in [0.29, 0.717) is 18.0 Å². The van der Waals surface area contributed by atoms with Crippen molar-refractivity contribution in [1.82, 2.24) is 4.98 Å². The molecule has 110 valence electrons. The van der Waals surface area contributed by atoms with Gasteiger partial charge >= 0.3 is 0 Å². The van der Waals surface area contributed by atoms with Crippen LogP contribution in [0.4, 0.5) is 4.39 Å². The number of hydrogen-bond acceptors (Lipinski definition) is 2. The number of aryl methyl sites for hydroxylation is 1. The Hall–Kier alpha value is -1.74. The van der Waals surface area contributed by atoms with Crippen LogP contribution in [0.3, 0.4) is 0 Å². The summed E-state index contributed by atoms with van der Waals surface area (Å²) in [5, 5.41) is 0. The molecule has 3 heteroatoms. The molecule has 0 amide bonds. The van der Waals surface area contributed by atoms with E-state index < -0.39 is 0 Å². The Labute approximate surface area is 125 Å². The van der Waals surface area contributed by atoms with Crippen molar-refractivity contribution in [2.75, 3.05) is 6.54 Å². The molecule has 1 aromatic carbocycles. The predicted molar refractivity (Wildman–Crippen MR) is 83.9 cm³/mol. The summed E-state index contributed by atoms with van der Waals surface area (Å²) in [4.78, 5) is 4.81. The van der Waals surface area contributed by atoms with E-state index in [-0.39, 0.29) is 5.82 Å². The highest BCUT2D eigenvalue weighted by molar-refractivity contribution is 5.67. The fourth-order valence-electron chi connectivity index (χ4n) is 3.17. The van der Waals surface area contributed by atoms with E-state index in [0.717, 1.165) is 36.2 Å². The highest BCUT2D eigenvalue weighted by atomic mass is 19.1. The second kappa shape index (κ2) is 5.57. The van der Waals surface area contributed by atoms with Gasteiger partial charge in [0.15, 0.2) is 0 Å². The van der Waals surface area contributed by atoms with E-state index in [9.17, 15) is 4.39 Å². The molecule has 0 spiro atoms. The number of nitrogens with two attached hydrogens (primary N) is 1. The zero-order valence-electron chi connectivity index (χ0n) is 12.6. The first-order chi connectivity index (χ1) is 10.1. The lowest BCUT2D eigenvalue weighted by molar-refractivity contribution is 0.618. The highest BCUT2D eigenvalue weighted by Gasteiger charge is 2.24. The average Bonchev–Trinajstić information content (AvgIpc) is 2.83. The third-order valence-electron chi connectivity index (χ3n) is 4.40. The molecule has 1 heterocycles. The van der Waals surface area contributed by atoms with Gasteiger partial charge in [0.25, 0.3) is 0 Å². The Kier molecular flexibility index (Phi) is 3.77. The number of rotatable bonds is 3. The molecule has 0 saturated carbocycles. The van der Waals surface area contributed by atoms with Gasteiger partial charge in [-0.25, -0.2) is 4.39 Å². The lowest BCUT2D eigenvalue weighted by atomic mass is 9.97. The summed E-state index contributed by atoms with van der Waals surface area (Å²) in [6.45, 7) is 4.66. The molecular weight excluding hydrogens is 263 g/mol. The molecule has 2 N–H and O–H groups in total. The van der Waals surface area contributed by atoms with E-state index in [2.05, 4.69) is 13.0 Å². The first-order valence-corrected chi connectivity index (χ1v) is 7.59. The zero-order valence-corrected chi connectivity index (χ0v) is 12.6. The summed E-state index contributed by atoms with van der Waals surface area (Å²) in [6.07, 6.45) is 3.00. The van der Waals surface area contributed by atoms with Gasteiger partial charge in [0.1, 0.15) is 5.82 Å². The minimum Gasteiger partial charge on any atom is -0.330 e. The predicted octanol–water partition coefficient (Wildman–Crippen LogP) is 3.75. The van der Waals surface area contributed by atoms with E-state index in [1.165, 1.54) is 17.2 Å². The van der Waals surface area contributed by atoms with Crippen LogP contribution in [0.5, 0.6) is 0 Å². The first kappa shape index (κ1) is 14.2.